The molecular weight excluding hydrogens is 602 g/mol. The van der Waals surface area contributed by atoms with Gasteiger partial charge in [0.2, 0.25) is 11.8 Å². The maximum Gasteiger partial charge on any atom is 0.272 e. The molecule has 0 atom stereocenters. The molecule has 0 radical (unpaired) electrons. The van der Waals surface area contributed by atoms with Gasteiger partial charge in [0.05, 0.1) is 11.0 Å². The Hall–Kier alpha value is -3.12. The number of non-ortho nitro benzene ring substituents is 1. The first-order valence-electron chi connectivity index (χ1n) is 14.4. The van der Waals surface area contributed by atoms with Crippen LogP contribution in [0.5, 0.6) is 0 Å². The van der Waals surface area contributed by atoms with Crippen molar-refractivity contribution in [3.05, 3.63) is 69.3 Å². The average Bonchev–Trinajstić information content (AvgIpc) is 2.96. The fraction of sp³-hybridized carbons (Fsp3) is 0.533. The summed E-state index contributed by atoms with van der Waals surface area (Å²) in [5.74, 6) is -0.595. The van der Waals surface area contributed by atoms with Crippen LogP contribution in [-0.4, -0.2) is 103 Å². The quantitative estimate of drug-likeness (QED) is 0.193. The van der Waals surface area contributed by atoms with Crippen molar-refractivity contribution in [2.45, 2.75) is 38.5 Å². The molecule has 2 aliphatic rings. The van der Waals surface area contributed by atoms with Crippen molar-refractivity contribution in [3.63, 3.8) is 0 Å². The molecule has 2 saturated heterocycles. The Bertz CT molecular complexity index is 1220. The Labute approximate surface area is 262 Å². The first kappa shape index (κ1) is 36.1. The topological polar surface area (TPSA) is 116 Å². The average molecular weight is 645 g/mol. The molecule has 10 nitrogen and oxygen atoms in total. The molecule has 43 heavy (non-hydrogen) atoms. The zero-order chi connectivity index (χ0) is 30.6. The van der Waals surface area contributed by atoms with Gasteiger partial charge in [-0.1, -0.05) is 6.07 Å². The Morgan fingerprint density at radius 2 is 1.19 bits per heavy atom. The van der Waals surface area contributed by atoms with E-state index in [1.807, 2.05) is 16.8 Å². The van der Waals surface area contributed by atoms with E-state index in [4.69, 9.17) is 5.73 Å². The minimum Gasteiger partial charge on any atom is -0.399 e. The van der Waals surface area contributed by atoms with Crippen LogP contribution in [-0.2, 0) is 39.5 Å². The third-order valence-electron chi connectivity index (χ3n) is 7.71. The Balaban J connectivity index is 0.000000295. The van der Waals surface area contributed by atoms with Crippen molar-refractivity contribution in [2.75, 3.05) is 72.2 Å². The standard InChI is InChI=1S/C15H20FN3O3.C15H22FN3O.Fe/c1-17-7-9-18(10-8-17)15(20)4-2-3-12-5-6-13(19(21)22)11-14(12)16;1-18-7-9-19(10-8-18)15(20)4-2-3-12-5-6-13(17)11-14(12)16;/h5-6,11H,2-4,7-10H2,1H3;5-6,11H,2-4,7-10,17H2,1H3;. The number of nitrogens with zero attached hydrogens (tertiary/aromatic N) is 5. The van der Waals surface area contributed by atoms with E-state index in [2.05, 4.69) is 16.8 Å². The maximum atomic E-state index is 13.7. The SMILES string of the molecule is CN1CCN(C(=O)CCCc2ccc(N)cc2F)CC1.CN1CCN(C(=O)CCCc2ccc([N+](=O)[O-])cc2F)CC1.[Fe]. The summed E-state index contributed by atoms with van der Waals surface area (Å²) in [5, 5.41) is 10.6. The van der Waals surface area contributed by atoms with Crippen LogP contribution < -0.4 is 5.73 Å². The Morgan fingerprint density at radius 1 is 0.767 bits per heavy atom. The molecule has 0 bridgehead atoms. The minimum atomic E-state index is -0.621. The number of hydrogen-bond acceptors (Lipinski definition) is 7. The number of benzene rings is 2. The molecule has 2 aromatic rings. The monoisotopic (exact) mass is 644 g/mol. The summed E-state index contributed by atoms with van der Waals surface area (Å²) in [6.45, 7) is 6.68. The van der Waals surface area contributed by atoms with Crippen LogP contribution in [0.1, 0.15) is 36.8 Å². The van der Waals surface area contributed by atoms with E-state index in [9.17, 15) is 28.5 Å². The number of aryl methyl sites for hydroxylation is 2. The molecule has 0 spiro atoms. The molecule has 2 fully saturated rings. The number of nitrogen functional groups attached to an aromatic ring is 1. The predicted molar refractivity (Wildman–Crippen MR) is 158 cm³/mol. The molecular formula is C30H42F2FeN6O4. The molecule has 2 aromatic carbocycles. The van der Waals surface area contributed by atoms with Gasteiger partial charge in [-0.25, -0.2) is 8.78 Å². The number of rotatable bonds is 9. The van der Waals surface area contributed by atoms with E-state index >= 15 is 0 Å². The molecule has 238 valence electrons. The van der Waals surface area contributed by atoms with E-state index < -0.39 is 10.7 Å². The van der Waals surface area contributed by atoms with Crippen LogP contribution in [0.4, 0.5) is 20.2 Å². The van der Waals surface area contributed by atoms with E-state index in [0.717, 1.165) is 58.4 Å². The van der Waals surface area contributed by atoms with Gasteiger partial charge in [-0.3, -0.25) is 19.7 Å². The third kappa shape index (κ3) is 11.8. The smallest absolute Gasteiger partial charge is 0.272 e. The van der Waals surface area contributed by atoms with Gasteiger partial charge in [0, 0.05) is 94.0 Å². The largest absolute Gasteiger partial charge is 0.399 e. The summed E-state index contributed by atoms with van der Waals surface area (Å²) in [5.41, 5.74) is 6.73. The normalized spacial score (nSPS) is 15.7. The summed E-state index contributed by atoms with van der Waals surface area (Å²) in [6, 6.07) is 8.37. The van der Waals surface area contributed by atoms with Gasteiger partial charge in [-0.15, -0.1) is 0 Å². The van der Waals surface area contributed by atoms with Crippen LogP contribution in [0.25, 0.3) is 0 Å². The number of piperazine rings is 2. The molecule has 0 aromatic heterocycles. The molecule has 0 saturated carbocycles. The molecule has 2 heterocycles. The van der Waals surface area contributed by atoms with Crippen LogP contribution in [0.2, 0.25) is 0 Å². The number of nitro groups is 1. The van der Waals surface area contributed by atoms with E-state index in [1.54, 1.807) is 12.1 Å². The third-order valence-corrected chi connectivity index (χ3v) is 7.71. The van der Waals surface area contributed by atoms with E-state index in [1.165, 1.54) is 18.2 Å². The molecule has 13 heteroatoms. The molecule has 4 rings (SSSR count). The number of amides is 2. The number of anilines is 1. The van der Waals surface area contributed by atoms with Crippen molar-refractivity contribution in [1.29, 1.82) is 0 Å². The Kier molecular flexibility index (Phi) is 15.0. The van der Waals surface area contributed by atoms with Gasteiger partial charge in [0.25, 0.3) is 5.69 Å². The molecule has 2 amide bonds. The fourth-order valence-corrected chi connectivity index (χ4v) is 4.91. The van der Waals surface area contributed by atoms with Gasteiger partial charge in [0.1, 0.15) is 11.6 Å². The first-order valence-corrected chi connectivity index (χ1v) is 14.4. The van der Waals surface area contributed by atoms with E-state index in [-0.39, 0.29) is 40.4 Å². The summed E-state index contributed by atoms with van der Waals surface area (Å²) >= 11 is 0. The molecule has 2 aliphatic heterocycles. The summed E-state index contributed by atoms with van der Waals surface area (Å²) in [4.78, 5) is 42.1. The predicted octanol–water partition coefficient (Wildman–Crippen LogP) is 3.33. The number of likely N-dealkylation sites (N-methyl/N-ethyl adjacent to an activating group) is 2. The van der Waals surface area contributed by atoms with Gasteiger partial charge < -0.3 is 25.3 Å². The van der Waals surface area contributed by atoms with Gasteiger partial charge in [-0.05, 0) is 69.1 Å². The van der Waals surface area contributed by atoms with Crippen molar-refractivity contribution in [3.8, 4) is 0 Å². The van der Waals surface area contributed by atoms with Crippen LogP contribution in [0.3, 0.4) is 0 Å². The van der Waals surface area contributed by atoms with Crippen molar-refractivity contribution < 1.29 is 40.4 Å². The number of hydrogen-bond donors (Lipinski definition) is 1. The second kappa shape index (κ2) is 17.9. The zero-order valence-electron chi connectivity index (χ0n) is 24.9. The van der Waals surface area contributed by atoms with Crippen molar-refractivity contribution in [1.82, 2.24) is 19.6 Å². The number of nitro benzene ring substituents is 1. The molecule has 0 aliphatic carbocycles. The molecule has 0 unspecified atom stereocenters. The second-order valence-corrected chi connectivity index (χ2v) is 11.0. The van der Waals surface area contributed by atoms with Crippen LogP contribution in [0, 0.1) is 21.7 Å². The number of nitrogens with two attached hydrogens (primary N) is 1. The second-order valence-electron chi connectivity index (χ2n) is 11.0. The van der Waals surface area contributed by atoms with Gasteiger partial charge >= 0.3 is 0 Å². The summed E-state index contributed by atoms with van der Waals surface area (Å²) < 4.78 is 27.3. The number of carbonyl (C=O) groups excluding carboxylic acids is 2. The van der Waals surface area contributed by atoms with Gasteiger partial charge in [-0.2, -0.15) is 0 Å². The summed E-state index contributed by atoms with van der Waals surface area (Å²) in [6.07, 6.45) is 3.05. The number of carbonyl (C=O) groups is 2. The zero-order valence-corrected chi connectivity index (χ0v) is 26.0. The van der Waals surface area contributed by atoms with Crippen molar-refractivity contribution >= 4 is 23.2 Å². The summed E-state index contributed by atoms with van der Waals surface area (Å²) in [7, 11) is 4.09. The minimum absolute atomic E-state index is 0. The molecule has 2 N–H and O–H groups in total. The Morgan fingerprint density at radius 3 is 1.58 bits per heavy atom. The van der Waals surface area contributed by atoms with Crippen molar-refractivity contribution in [2.24, 2.45) is 0 Å². The fourth-order valence-electron chi connectivity index (χ4n) is 4.91. The van der Waals surface area contributed by atoms with E-state index in [0.29, 0.717) is 55.3 Å². The first-order chi connectivity index (χ1) is 20.0. The van der Waals surface area contributed by atoms with Gasteiger partial charge in [0.15, 0.2) is 0 Å². The van der Waals surface area contributed by atoms with Crippen LogP contribution in [0.15, 0.2) is 36.4 Å². The number of halogens is 2. The maximum absolute atomic E-state index is 13.7. The van der Waals surface area contributed by atoms with Crippen LogP contribution >= 0.6 is 0 Å².